The Labute approximate surface area is 259 Å². The highest BCUT2D eigenvalue weighted by Crippen LogP contribution is 2.54. The summed E-state index contributed by atoms with van der Waals surface area (Å²) in [6.07, 6.45) is -4.66. The minimum atomic E-state index is -4.66. The van der Waals surface area contributed by atoms with E-state index in [1.54, 1.807) is 42.5 Å². The minimum absolute atomic E-state index is 0.173. The Hall–Kier alpha value is -3.68. The van der Waals surface area contributed by atoms with Crippen molar-refractivity contribution >= 4 is 68.1 Å². The average Bonchev–Trinajstić information content (AvgIpc) is 3.39. The summed E-state index contributed by atoms with van der Waals surface area (Å²) in [7, 11) is 0. The molecule has 3 amide bonds. The molecule has 0 spiro atoms. The van der Waals surface area contributed by atoms with Crippen molar-refractivity contribution in [3.63, 3.8) is 0 Å². The zero-order chi connectivity index (χ0) is 30.6. The first-order valence-corrected chi connectivity index (χ1v) is 15.5. The number of rotatable bonds is 5. The van der Waals surface area contributed by atoms with Crippen LogP contribution in [-0.4, -0.2) is 27.5 Å². The number of fused-ring (bicyclic) bond motifs is 2. The highest BCUT2D eigenvalue weighted by molar-refractivity contribution is 9.10. The first kappa shape index (κ1) is 29.4. The number of nitrogens with one attached hydrogen (secondary N) is 1. The van der Waals surface area contributed by atoms with Gasteiger partial charge in [-0.15, -0.1) is 0 Å². The lowest BCUT2D eigenvalue weighted by molar-refractivity contribution is -0.137. The Morgan fingerprint density at radius 3 is 2.40 bits per heavy atom. The summed E-state index contributed by atoms with van der Waals surface area (Å²) in [6.45, 7) is 1.56. The highest BCUT2D eigenvalue weighted by atomic mass is 79.9. The number of imide groups is 1. The van der Waals surface area contributed by atoms with Crippen molar-refractivity contribution in [3.05, 3.63) is 109 Å². The molecule has 1 aromatic heterocycles. The zero-order valence-corrected chi connectivity index (χ0v) is 25.4. The van der Waals surface area contributed by atoms with E-state index in [-0.39, 0.29) is 12.2 Å². The summed E-state index contributed by atoms with van der Waals surface area (Å²) in [6, 6.07) is 18.4. The van der Waals surface area contributed by atoms with Crippen molar-refractivity contribution < 1.29 is 27.6 Å². The summed E-state index contributed by atoms with van der Waals surface area (Å²) in [4.78, 5) is 54.9. The molecule has 3 heterocycles. The normalized spacial score (nSPS) is 19.7. The van der Waals surface area contributed by atoms with E-state index in [1.165, 1.54) is 10.6 Å². The lowest BCUT2D eigenvalue weighted by Crippen LogP contribution is -2.33. The van der Waals surface area contributed by atoms with Crippen LogP contribution in [-0.2, 0) is 27.1 Å². The SMILES string of the molecule is Cc1cccc(NC(=O)Cn2c3c(sc2=O)C(c2ccc(Br)cc2)C2C(=O)N(c4cccc(C(F)(F)F)c4)C(=O)C2S3)c1. The Morgan fingerprint density at radius 2 is 1.70 bits per heavy atom. The van der Waals surface area contributed by atoms with Gasteiger partial charge in [0.15, 0.2) is 0 Å². The van der Waals surface area contributed by atoms with Crippen molar-refractivity contribution in [1.29, 1.82) is 0 Å². The highest BCUT2D eigenvalue weighted by Gasteiger charge is 2.57. The molecule has 2 aliphatic heterocycles. The number of carbonyl (C=O) groups excluding carboxylic acids is 3. The van der Waals surface area contributed by atoms with E-state index in [4.69, 9.17) is 0 Å². The third kappa shape index (κ3) is 5.45. The molecule has 13 heteroatoms. The van der Waals surface area contributed by atoms with Gasteiger partial charge in [-0.25, -0.2) is 4.90 Å². The van der Waals surface area contributed by atoms with Gasteiger partial charge in [-0.2, -0.15) is 13.2 Å². The van der Waals surface area contributed by atoms with E-state index in [1.807, 2.05) is 13.0 Å². The second-order valence-corrected chi connectivity index (χ2v) is 13.2. The second kappa shape index (κ2) is 11.1. The van der Waals surface area contributed by atoms with Crippen LogP contribution in [0.2, 0.25) is 0 Å². The molecule has 0 saturated carbocycles. The number of nitrogens with zero attached hydrogens (tertiary/aromatic N) is 2. The first-order valence-electron chi connectivity index (χ1n) is 13.0. The molecule has 220 valence electrons. The lowest BCUT2D eigenvalue weighted by Gasteiger charge is -2.30. The van der Waals surface area contributed by atoms with Gasteiger partial charge in [0, 0.05) is 21.0 Å². The Kier molecular flexibility index (Phi) is 7.59. The predicted molar refractivity (Wildman–Crippen MR) is 161 cm³/mol. The maximum absolute atomic E-state index is 13.9. The van der Waals surface area contributed by atoms with Gasteiger partial charge in [0.1, 0.15) is 11.8 Å². The summed E-state index contributed by atoms with van der Waals surface area (Å²) in [5.74, 6) is -3.49. The first-order chi connectivity index (χ1) is 20.4. The zero-order valence-electron chi connectivity index (χ0n) is 22.2. The summed E-state index contributed by atoms with van der Waals surface area (Å²) in [5, 5.41) is 2.14. The van der Waals surface area contributed by atoms with Gasteiger partial charge in [0.05, 0.1) is 22.2 Å². The number of alkyl halides is 3. The number of hydrogen-bond donors (Lipinski definition) is 1. The molecule has 1 fully saturated rings. The standard InChI is InChI=1S/C30H21BrF3N3O4S2/c1-15-4-2-6-19(12-15)35-21(38)14-36-28-25(43-29(36)41)22(16-8-10-18(31)11-9-16)23-24(42-28)27(40)37(26(23)39)20-7-3-5-17(13-20)30(32,33)34/h2-13,22-24H,14H2,1H3,(H,35,38). The van der Waals surface area contributed by atoms with E-state index in [0.717, 1.165) is 56.2 Å². The molecule has 0 aliphatic carbocycles. The Morgan fingerprint density at radius 1 is 0.977 bits per heavy atom. The van der Waals surface area contributed by atoms with E-state index in [9.17, 15) is 32.3 Å². The van der Waals surface area contributed by atoms with Crippen molar-refractivity contribution in [3.8, 4) is 0 Å². The smallest absolute Gasteiger partial charge is 0.325 e. The summed E-state index contributed by atoms with van der Waals surface area (Å²) in [5.41, 5.74) is 1.01. The molecule has 0 bridgehead atoms. The van der Waals surface area contributed by atoms with E-state index in [2.05, 4.69) is 21.2 Å². The van der Waals surface area contributed by atoms with E-state index in [0.29, 0.717) is 21.2 Å². The number of hydrogen-bond acceptors (Lipinski definition) is 6. The van der Waals surface area contributed by atoms with E-state index >= 15 is 0 Å². The molecule has 0 radical (unpaired) electrons. The largest absolute Gasteiger partial charge is 0.416 e. The maximum Gasteiger partial charge on any atom is 0.416 e. The number of thioether (sulfide) groups is 1. The van der Waals surface area contributed by atoms with Crippen LogP contribution in [0, 0.1) is 12.8 Å². The molecule has 6 rings (SSSR count). The number of benzene rings is 3. The number of carbonyl (C=O) groups is 3. The van der Waals surface area contributed by atoms with Crippen molar-refractivity contribution in [1.82, 2.24) is 4.57 Å². The topological polar surface area (TPSA) is 88.5 Å². The van der Waals surface area contributed by atoms with Crippen molar-refractivity contribution in [2.24, 2.45) is 5.92 Å². The van der Waals surface area contributed by atoms with E-state index < -0.39 is 51.4 Å². The average molecular weight is 689 g/mol. The molecule has 3 aromatic carbocycles. The van der Waals surface area contributed by atoms with Crippen molar-refractivity contribution in [2.45, 2.75) is 35.8 Å². The third-order valence-corrected chi connectivity index (χ3v) is 10.4. The minimum Gasteiger partial charge on any atom is -0.325 e. The van der Waals surface area contributed by atoms with Crippen LogP contribution < -0.4 is 15.1 Å². The number of aryl methyl sites for hydroxylation is 1. The molecular formula is C30H21BrF3N3O4S2. The number of amides is 3. The quantitative estimate of drug-likeness (QED) is 0.244. The number of thiazole rings is 1. The molecule has 2 aliphatic rings. The molecule has 3 unspecified atom stereocenters. The fourth-order valence-electron chi connectivity index (χ4n) is 5.43. The van der Waals surface area contributed by atoms with Crippen LogP contribution in [0.15, 0.2) is 87.1 Å². The molecule has 3 atom stereocenters. The molecule has 1 N–H and O–H groups in total. The summed E-state index contributed by atoms with van der Waals surface area (Å²) < 4.78 is 42.5. The van der Waals surface area contributed by atoms with Gasteiger partial charge in [-0.05, 0) is 60.5 Å². The van der Waals surface area contributed by atoms with Crippen molar-refractivity contribution in [2.75, 3.05) is 10.2 Å². The monoisotopic (exact) mass is 687 g/mol. The summed E-state index contributed by atoms with van der Waals surface area (Å²) >= 11 is 5.29. The molecule has 43 heavy (non-hydrogen) atoms. The second-order valence-electron chi connectivity index (χ2n) is 10.2. The Balaban J connectivity index is 1.41. The van der Waals surface area contributed by atoms with Gasteiger partial charge >= 0.3 is 11.0 Å². The number of halogens is 4. The Bertz CT molecular complexity index is 1840. The third-order valence-electron chi connectivity index (χ3n) is 7.31. The van der Waals surface area contributed by atoms with Gasteiger partial charge in [-0.3, -0.25) is 23.7 Å². The van der Waals surface area contributed by atoms with Gasteiger partial charge < -0.3 is 5.32 Å². The van der Waals surface area contributed by atoms with Crippen LogP contribution in [0.3, 0.4) is 0 Å². The number of anilines is 2. The molecular weight excluding hydrogens is 667 g/mol. The van der Waals surface area contributed by atoms with Crippen LogP contribution in [0.4, 0.5) is 24.5 Å². The van der Waals surface area contributed by atoms with Gasteiger partial charge in [-0.1, -0.05) is 69.4 Å². The fraction of sp³-hybridized carbons (Fsp3) is 0.200. The van der Waals surface area contributed by atoms with Gasteiger partial charge in [0.25, 0.3) is 0 Å². The maximum atomic E-state index is 13.9. The van der Waals surface area contributed by atoms with Crippen LogP contribution in [0.25, 0.3) is 0 Å². The molecule has 4 aromatic rings. The van der Waals surface area contributed by atoms with Crippen LogP contribution in [0.5, 0.6) is 0 Å². The van der Waals surface area contributed by atoms with Crippen LogP contribution in [0.1, 0.15) is 27.5 Å². The van der Waals surface area contributed by atoms with Gasteiger partial charge in [0.2, 0.25) is 17.7 Å². The molecule has 1 saturated heterocycles. The molecule has 7 nitrogen and oxygen atoms in total. The van der Waals surface area contributed by atoms with Crippen LogP contribution >= 0.6 is 39.0 Å². The fourth-order valence-corrected chi connectivity index (χ4v) is 8.46. The number of aromatic nitrogens is 1. The predicted octanol–water partition coefficient (Wildman–Crippen LogP) is 6.43. The lowest BCUT2D eigenvalue weighted by atomic mass is 9.83.